The summed E-state index contributed by atoms with van der Waals surface area (Å²) < 4.78 is 11.1. The second-order valence-corrected chi connectivity index (χ2v) is 4.23. The number of halogens is 1. The third-order valence-corrected chi connectivity index (χ3v) is 3.00. The number of Topliss-reactive ketones (excluding diaryl/α,β-unsaturated/α-hetero) is 1. The SMILES string of the molecule is O=C(c1occc1Br)C1CCCOC1. The molecule has 0 amide bonds. The Morgan fingerprint density at radius 2 is 2.43 bits per heavy atom. The molecular formula is C10H11BrO3. The molecule has 4 heteroatoms. The van der Waals surface area contributed by atoms with Gasteiger partial charge in [0, 0.05) is 12.5 Å². The summed E-state index contributed by atoms with van der Waals surface area (Å²) in [5.41, 5.74) is 0. The van der Waals surface area contributed by atoms with E-state index in [1.807, 2.05) is 0 Å². The summed E-state index contributed by atoms with van der Waals surface area (Å²) >= 11 is 3.28. The van der Waals surface area contributed by atoms with Gasteiger partial charge in [0.05, 0.1) is 17.3 Å². The molecule has 2 rings (SSSR count). The van der Waals surface area contributed by atoms with Gasteiger partial charge in [0.25, 0.3) is 0 Å². The molecule has 1 unspecified atom stereocenters. The number of furan rings is 1. The Morgan fingerprint density at radius 1 is 1.57 bits per heavy atom. The predicted octanol–water partition coefficient (Wildman–Crippen LogP) is 2.65. The summed E-state index contributed by atoms with van der Waals surface area (Å²) in [6, 6.07) is 1.73. The lowest BCUT2D eigenvalue weighted by atomic mass is 9.96. The highest BCUT2D eigenvalue weighted by Crippen LogP contribution is 2.24. The van der Waals surface area contributed by atoms with E-state index in [1.165, 1.54) is 6.26 Å². The van der Waals surface area contributed by atoms with Gasteiger partial charge in [-0.25, -0.2) is 0 Å². The van der Waals surface area contributed by atoms with Gasteiger partial charge in [-0.1, -0.05) is 0 Å². The quantitative estimate of drug-likeness (QED) is 0.766. The number of rotatable bonds is 2. The maximum atomic E-state index is 11.9. The Balaban J connectivity index is 2.11. The zero-order valence-corrected chi connectivity index (χ0v) is 9.25. The molecule has 0 aliphatic carbocycles. The van der Waals surface area contributed by atoms with Crippen LogP contribution in [0.4, 0.5) is 0 Å². The van der Waals surface area contributed by atoms with E-state index in [4.69, 9.17) is 9.15 Å². The second kappa shape index (κ2) is 4.28. The third-order valence-electron chi connectivity index (χ3n) is 2.37. The molecule has 3 nitrogen and oxygen atoms in total. The van der Waals surface area contributed by atoms with Gasteiger partial charge in [0.15, 0.2) is 5.76 Å². The van der Waals surface area contributed by atoms with Crippen molar-refractivity contribution in [2.45, 2.75) is 12.8 Å². The van der Waals surface area contributed by atoms with E-state index in [1.54, 1.807) is 6.07 Å². The number of carbonyl (C=O) groups is 1. The first-order chi connectivity index (χ1) is 6.79. The van der Waals surface area contributed by atoms with E-state index in [0.717, 1.165) is 23.9 Å². The summed E-state index contributed by atoms with van der Waals surface area (Å²) in [7, 11) is 0. The van der Waals surface area contributed by atoms with Crippen LogP contribution < -0.4 is 0 Å². The topological polar surface area (TPSA) is 39.4 Å². The normalized spacial score (nSPS) is 22.2. The van der Waals surface area contributed by atoms with Crippen molar-refractivity contribution in [1.82, 2.24) is 0 Å². The zero-order valence-electron chi connectivity index (χ0n) is 7.66. The molecule has 1 aliphatic rings. The number of ether oxygens (including phenoxy) is 1. The van der Waals surface area contributed by atoms with Gasteiger partial charge in [-0.2, -0.15) is 0 Å². The molecule has 0 bridgehead atoms. The molecule has 0 aromatic carbocycles. The molecule has 1 aliphatic heterocycles. The Labute approximate surface area is 90.6 Å². The van der Waals surface area contributed by atoms with Crippen molar-refractivity contribution in [2.75, 3.05) is 13.2 Å². The molecule has 1 fully saturated rings. The number of carbonyl (C=O) groups excluding carboxylic acids is 1. The summed E-state index contributed by atoms with van der Waals surface area (Å²) in [5.74, 6) is 0.424. The first-order valence-electron chi connectivity index (χ1n) is 4.64. The van der Waals surface area contributed by atoms with E-state index < -0.39 is 0 Å². The van der Waals surface area contributed by atoms with Crippen LogP contribution >= 0.6 is 15.9 Å². The van der Waals surface area contributed by atoms with Gasteiger partial charge in [-0.15, -0.1) is 0 Å². The van der Waals surface area contributed by atoms with Crippen LogP contribution in [0.3, 0.4) is 0 Å². The Bertz CT molecular complexity index is 326. The molecule has 0 radical (unpaired) electrons. The number of hydrogen-bond acceptors (Lipinski definition) is 3. The van der Waals surface area contributed by atoms with Gasteiger partial charge < -0.3 is 9.15 Å². The van der Waals surface area contributed by atoms with Crippen LogP contribution in [-0.2, 0) is 4.74 Å². The number of ketones is 1. The minimum absolute atomic E-state index is 0.0359. The van der Waals surface area contributed by atoms with Crippen molar-refractivity contribution >= 4 is 21.7 Å². The molecule has 1 atom stereocenters. The first-order valence-corrected chi connectivity index (χ1v) is 5.43. The number of hydrogen-bond donors (Lipinski definition) is 0. The van der Waals surface area contributed by atoms with Crippen molar-refractivity contribution in [1.29, 1.82) is 0 Å². The van der Waals surface area contributed by atoms with Gasteiger partial charge in [0.2, 0.25) is 5.78 Å². The van der Waals surface area contributed by atoms with Gasteiger partial charge >= 0.3 is 0 Å². The zero-order chi connectivity index (χ0) is 9.97. The molecule has 1 saturated heterocycles. The van der Waals surface area contributed by atoms with E-state index in [2.05, 4.69) is 15.9 Å². The van der Waals surface area contributed by atoms with Gasteiger partial charge in [-0.05, 0) is 34.8 Å². The van der Waals surface area contributed by atoms with Crippen LogP contribution in [0.1, 0.15) is 23.4 Å². The minimum atomic E-state index is -0.0359. The van der Waals surface area contributed by atoms with Crippen LogP contribution in [0.15, 0.2) is 21.2 Å². The fourth-order valence-corrected chi connectivity index (χ4v) is 2.00. The highest BCUT2D eigenvalue weighted by Gasteiger charge is 2.26. The van der Waals surface area contributed by atoms with Crippen LogP contribution in [0.2, 0.25) is 0 Å². The minimum Gasteiger partial charge on any atom is -0.460 e. The largest absolute Gasteiger partial charge is 0.460 e. The monoisotopic (exact) mass is 258 g/mol. The highest BCUT2D eigenvalue weighted by molar-refractivity contribution is 9.10. The molecule has 1 aromatic heterocycles. The fourth-order valence-electron chi connectivity index (χ4n) is 1.60. The molecule has 2 heterocycles. The van der Waals surface area contributed by atoms with Crippen molar-refractivity contribution in [3.05, 3.63) is 22.6 Å². The van der Waals surface area contributed by atoms with Crippen LogP contribution in [-0.4, -0.2) is 19.0 Å². The highest BCUT2D eigenvalue weighted by atomic mass is 79.9. The maximum absolute atomic E-state index is 11.9. The Morgan fingerprint density at radius 3 is 3.00 bits per heavy atom. The fraction of sp³-hybridized carbons (Fsp3) is 0.500. The van der Waals surface area contributed by atoms with Crippen molar-refractivity contribution in [3.63, 3.8) is 0 Å². The molecule has 0 spiro atoms. The standard InChI is InChI=1S/C10H11BrO3/c11-8-3-5-14-10(8)9(12)7-2-1-4-13-6-7/h3,5,7H,1-2,4,6H2. The Kier molecular flexibility index (Phi) is 3.03. The molecule has 1 aromatic rings. The van der Waals surface area contributed by atoms with Crippen LogP contribution in [0.25, 0.3) is 0 Å². The molecule has 76 valence electrons. The summed E-state index contributed by atoms with van der Waals surface area (Å²) in [4.78, 5) is 11.9. The van der Waals surface area contributed by atoms with Crippen LogP contribution in [0, 0.1) is 5.92 Å². The van der Waals surface area contributed by atoms with Crippen molar-refractivity contribution in [2.24, 2.45) is 5.92 Å². The Hall–Kier alpha value is -0.610. The predicted molar refractivity (Wildman–Crippen MR) is 54.3 cm³/mol. The summed E-state index contributed by atoms with van der Waals surface area (Å²) in [6.45, 7) is 1.29. The van der Waals surface area contributed by atoms with Crippen LogP contribution in [0.5, 0.6) is 0 Å². The molecule has 0 saturated carbocycles. The van der Waals surface area contributed by atoms with Gasteiger partial charge in [-0.3, -0.25) is 4.79 Å². The molecular weight excluding hydrogens is 248 g/mol. The van der Waals surface area contributed by atoms with Crippen molar-refractivity contribution < 1.29 is 13.9 Å². The molecule has 14 heavy (non-hydrogen) atoms. The van der Waals surface area contributed by atoms with Gasteiger partial charge in [0.1, 0.15) is 0 Å². The van der Waals surface area contributed by atoms with Crippen molar-refractivity contribution in [3.8, 4) is 0 Å². The second-order valence-electron chi connectivity index (χ2n) is 3.38. The summed E-state index contributed by atoms with van der Waals surface area (Å²) in [5, 5.41) is 0. The molecule has 0 N–H and O–H groups in total. The average molecular weight is 259 g/mol. The first kappa shape index (κ1) is 9.93. The van der Waals surface area contributed by atoms with E-state index in [0.29, 0.717) is 12.4 Å². The lowest BCUT2D eigenvalue weighted by Gasteiger charge is -2.19. The smallest absolute Gasteiger partial charge is 0.204 e. The van der Waals surface area contributed by atoms with E-state index in [9.17, 15) is 4.79 Å². The average Bonchev–Trinajstić information content (AvgIpc) is 2.65. The van der Waals surface area contributed by atoms with E-state index in [-0.39, 0.29) is 11.7 Å². The lowest BCUT2D eigenvalue weighted by molar-refractivity contribution is 0.0443. The summed E-state index contributed by atoms with van der Waals surface area (Å²) in [6.07, 6.45) is 3.36. The third kappa shape index (κ3) is 1.91. The lowest BCUT2D eigenvalue weighted by Crippen LogP contribution is -2.25. The maximum Gasteiger partial charge on any atom is 0.204 e. The van der Waals surface area contributed by atoms with E-state index >= 15 is 0 Å².